The third-order valence-electron chi connectivity index (χ3n) is 4.49. The zero-order valence-electron chi connectivity index (χ0n) is 17.4. The summed E-state index contributed by atoms with van der Waals surface area (Å²) in [7, 11) is 0. The minimum absolute atomic E-state index is 0.117. The number of rotatable bonds is 7. The highest BCUT2D eigenvalue weighted by molar-refractivity contribution is 7.99. The lowest BCUT2D eigenvalue weighted by atomic mass is 10.2. The van der Waals surface area contributed by atoms with Gasteiger partial charge in [0.25, 0.3) is 11.8 Å². The van der Waals surface area contributed by atoms with Crippen LogP contribution in [-0.4, -0.2) is 23.3 Å². The van der Waals surface area contributed by atoms with E-state index in [0.29, 0.717) is 28.4 Å². The van der Waals surface area contributed by atoms with Gasteiger partial charge in [0.15, 0.2) is 0 Å². The number of anilines is 1. The van der Waals surface area contributed by atoms with Crippen LogP contribution in [0, 0.1) is 13.8 Å². The maximum atomic E-state index is 12.9. The van der Waals surface area contributed by atoms with E-state index < -0.39 is 0 Å². The molecule has 30 heavy (non-hydrogen) atoms. The second-order valence-electron chi connectivity index (χ2n) is 7.01. The molecule has 6 heteroatoms. The largest absolute Gasteiger partial charge is 0.352 e. The SMILES string of the molecule is CCCNC(=O)c1ccc(NC(=O)c2cccnc2Sc2ccc(C)cc2C)cc1. The normalized spacial score (nSPS) is 10.5. The quantitative estimate of drug-likeness (QED) is 0.549. The van der Waals surface area contributed by atoms with Crippen molar-refractivity contribution < 1.29 is 9.59 Å². The number of hydrogen-bond donors (Lipinski definition) is 2. The Hall–Kier alpha value is -3.12. The van der Waals surface area contributed by atoms with Gasteiger partial charge in [0.1, 0.15) is 5.03 Å². The summed E-state index contributed by atoms with van der Waals surface area (Å²) >= 11 is 1.48. The molecule has 1 aromatic heterocycles. The van der Waals surface area contributed by atoms with Gasteiger partial charge < -0.3 is 10.6 Å². The molecule has 1 heterocycles. The number of nitrogens with zero attached hydrogens (tertiary/aromatic N) is 1. The summed E-state index contributed by atoms with van der Waals surface area (Å²) in [5.74, 6) is -0.354. The third kappa shape index (κ3) is 5.48. The molecule has 3 rings (SSSR count). The first-order valence-electron chi connectivity index (χ1n) is 9.87. The van der Waals surface area contributed by atoms with Crippen molar-refractivity contribution in [1.82, 2.24) is 10.3 Å². The summed E-state index contributed by atoms with van der Waals surface area (Å²) in [4.78, 5) is 30.4. The van der Waals surface area contributed by atoms with Crippen LogP contribution in [0.3, 0.4) is 0 Å². The molecule has 0 aliphatic heterocycles. The van der Waals surface area contributed by atoms with E-state index in [9.17, 15) is 9.59 Å². The van der Waals surface area contributed by atoms with E-state index in [0.717, 1.165) is 16.9 Å². The lowest BCUT2D eigenvalue weighted by Gasteiger charge is -2.11. The van der Waals surface area contributed by atoms with Crippen molar-refractivity contribution in [2.75, 3.05) is 11.9 Å². The molecule has 0 unspecified atom stereocenters. The van der Waals surface area contributed by atoms with Gasteiger partial charge in [0, 0.05) is 28.9 Å². The van der Waals surface area contributed by atoms with Crippen LogP contribution >= 0.6 is 11.8 Å². The van der Waals surface area contributed by atoms with E-state index in [-0.39, 0.29) is 11.8 Å². The molecule has 0 aliphatic rings. The number of carbonyl (C=O) groups excluding carboxylic acids is 2. The smallest absolute Gasteiger partial charge is 0.258 e. The molecule has 3 aromatic rings. The van der Waals surface area contributed by atoms with E-state index >= 15 is 0 Å². The summed E-state index contributed by atoms with van der Waals surface area (Å²) in [6.07, 6.45) is 2.57. The predicted molar refractivity (Wildman–Crippen MR) is 121 cm³/mol. The maximum Gasteiger partial charge on any atom is 0.258 e. The van der Waals surface area contributed by atoms with Gasteiger partial charge in [-0.2, -0.15) is 0 Å². The Morgan fingerprint density at radius 2 is 1.77 bits per heavy atom. The molecule has 0 radical (unpaired) electrons. The van der Waals surface area contributed by atoms with Gasteiger partial charge in [-0.3, -0.25) is 9.59 Å². The van der Waals surface area contributed by atoms with E-state index in [4.69, 9.17) is 0 Å². The molecule has 0 bridgehead atoms. The summed E-state index contributed by atoms with van der Waals surface area (Å²) in [6.45, 7) is 6.75. The first kappa shape index (κ1) is 21.6. The number of hydrogen-bond acceptors (Lipinski definition) is 4. The van der Waals surface area contributed by atoms with Crippen molar-refractivity contribution in [1.29, 1.82) is 0 Å². The third-order valence-corrected chi connectivity index (χ3v) is 5.69. The van der Waals surface area contributed by atoms with Crippen molar-refractivity contribution in [3.05, 3.63) is 83.0 Å². The predicted octanol–water partition coefficient (Wildman–Crippen LogP) is 5.24. The van der Waals surface area contributed by atoms with Crippen LogP contribution in [0.5, 0.6) is 0 Å². The standard InChI is InChI=1S/C24H25N3O2S/c1-4-13-25-22(28)18-8-10-19(11-9-18)27-23(29)20-6-5-14-26-24(20)30-21-12-7-16(2)15-17(21)3/h5-12,14-15H,4,13H2,1-3H3,(H,25,28)(H,27,29). The number of nitrogens with one attached hydrogen (secondary N) is 2. The molecule has 0 spiro atoms. The molecule has 2 aromatic carbocycles. The lowest BCUT2D eigenvalue weighted by molar-refractivity contribution is 0.0953. The Morgan fingerprint density at radius 3 is 2.47 bits per heavy atom. The molecular weight excluding hydrogens is 394 g/mol. The van der Waals surface area contributed by atoms with Crippen LogP contribution in [0.15, 0.2) is 70.7 Å². The van der Waals surface area contributed by atoms with Gasteiger partial charge in [-0.1, -0.05) is 36.4 Å². The minimum atomic E-state index is -0.237. The van der Waals surface area contributed by atoms with Crippen LogP contribution in [-0.2, 0) is 0 Å². The Morgan fingerprint density at radius 1 is 1.00 bits per heavy atom. The highest BCUT2D eigenvalue weighted by atomic mass is 32.2. The molecule has 0 saturated carbocycles. The minimum Gasteiger partial charge on any atom is -0.352 e. The molecule has 0 fully saturated rings. The van der Waals surface area contributed by atoms with Crippen LogP contribution in [0.25, 0.3) is 0 Å². The highest BCUT2D eigenvalue weighted by Gasteiger charge is 2.15. The summed E-state index contributed by atoms with van der Waals surface area (Å²) in [5.41, 5.74) is 4.04. The van der Waals surface area contributed by atoms with Crippen LogP contribution < -0.4 is 10.6 Å². The zero-order chi connectivity index (χ0) is 21.5. The second-order valence-corrected chi connectivity index (χ2v) is 8.05. The lowest BCUT2D eigenvalue weighted by Crippen LogP contribution is -2.23. The highest BCUT2D eigenvalue weighted by Crippen LogP contribution is 2.31. The van der Waals surface area contributed by atoms with E-state index in [1.54, 1.807) is 42.6 Å². The zero-order valence-corrected chi connectivity index (χ0v) is 18.2. The van der Waals surface area contributed by atoms with Crippen LogP contribution in [0.2, 0.25) is 0 Å². The average molecular weight is 420 g/mol. The van der Waals surface area contributed by atoms with Gasteiger partial charge in [0.05, 0.1) is 5.56 Å². The van der Waals surface area contributed by atoms with Gasteiger partial charge in [-0.05, 0) is 68.3 Å². The first-order chi connectivity index (χ1) is 14.5. The number of aryl methyl sites for hydroxylation is 2. The average Bonchev–Trinajstić information content (AvgIpc) is 2.75. The van der Waals surface area contributed by atoms with Gasteiger partial charge in [0.2, 0.25) is 0 Å². The fraction of sp³-hybridized carbons (Fsp3) is 0.208. The van der Waals surface area contributed by atoms with Gasteiger partial charge >= 0.3 is 0 Å². The van der Waals surface area contributed by atoms with Crippen LogP contribution in [0.4, 0.5) is 5.69 Å². The number of amides is 2. The summed E-state index contributed by atoms with van der Waals surface area (Å²) in [6, 6.07) is 16.6. The molecule has 2 amide bonds. The number of benzene rings is 2. The Labute approximate surface area is 181 Å². The van der Waals surface area contributed by atoms with E-state index in [2.05, 4.69) is 41.6 Å². The number of aromatic nitrogens is 1. The topological polar surface area (TPSA) is 71.1 Å². The van der Waals surface area contributed by atoms with E-state index in [1.807, 2.05) is 13.0 Å². The number of pyridine rings is 1. The summed E-state index contributed by atoms with van der Waals surface area (Å²) < 4.78 is 0. The van der Waals surface area contributed by atoms with Crippen molar-refractivity contribution in [2.45, 2.75) is 37.1 Å². The van der Waals surface area contributed by atoms with E-state index in [1.165, 1.54) is 17.3 Å². The van der Waals surface area contributed by atoms with Crippen molar-refractivity contribution in [3.63, 3.8) is 0 Å². The summed E-state index contributed by atoms with van der Waals surface area (Å²) in [5, 5.41) is 6.38. The number of carbonyl (C=O) groups is 2. The van der Waals surface area contributed by atoms with Crippen LogP contribution in [0.1, 0.15) is 45.2 Å². The van der Waals surface area contributed by atoms with Gasteiger partial charge in [-0.25, -0.2) is 4.98 Å². The Bertz CT molecular complexity index is 1050. The van der Waals surface area contributed by atoms with Crippen molar-refractivity contribution in [2.24, 2.45) is 0 Å². The molecule has 5 nitrogen and oxygen atoms in total. The monoisotopic (exact) mass is 419 g/mol. The van der Waals surface area contributed by atoms with Gasteiger partial charge in [-0.15, -0.1) is 0 Å². The maximum absolute atomic E-state index is 12.9. The fourth-order valence-electron chi connectivity index (χ4n) is 2.91. The molecule has 2 N–H and O–H groups in total. The molecule has 0 atom stereocenters. The van der Waals surface area contributed by atoms with Crippen molar-refractivity contribution >= 4 is 29.3 Å². The Kier molecular flexibility index (Phi) is 7.25. The Balaban J connectivity index is 1.74. The van der Waals surface area contributed by atoms with Crippen molar-refractivity contribution in [3.8, 4) is 0 Å². The fourth-order valence-corrected chi connectivity index (χ4v) is 3.86. The first-order valence-corrected chi connectivity index (χ1v) is 10.7. The molecule has 154 valence electrons. The molecule has 0 aliphatic carbocycles. The molecular formula is C24H25N3O2S. The molecule has 0 saturated heterocycles. The second kappa shape index (κ2) is 10.1.